The number of rotatable bonds is 3. The predicted molar refractivity (Wildman–Crippen MR) is 101 cm³/mol. The van der Waals surface area contributed by atoms with Crippen molar-refractivity contribution in [2.24, 2.45) is 14.1 Å². The highest BCUT2D eigenvalue weighted by atomic mass is 16.2. The summed E-state index contributed by atoms with van der Waals surface area (Å²) in [6.07, 6.45) is 3.44. The Hall–Kier alpha value is -3.16. The van der Waals surface area contributed by atoms with E-state index in [0.717, 1.165) is 23.0 Å². The van der Waals surface area contributed by atoms with Gasteiger partial charge >= 0.3 is 5.69 Å². The molecule has 0 aliphatic carbocycles. The molecule has 4 rings (SSSR count). The van der Waals surface area contributed by atoms with Crippen LogP contribution in [0.1, 0.15) is 24.4 Å². The summed E-state index contributed by atoms with van der Waals surface area (Å²) in [5.41, 5.74) is 0.407. The molecule has 0 N–H and O–H groups in total. The fraction of sp³-hybridized carbons (Fsp3) is 0.368. The van der Waals surface area contributed by atoms with E-state index in [0.29, 0.717) is 13.1 Å². The zero-order chi connectivity index (χ0) is 19.1. The van der Waals surface area contributed by atoms with E-state index >= 15 is 0 Å². The minimum atomic E-state index is -0.695. The topological polar surface area (TPSA) is 82.1 Å². The van der Waals surface area contributed by atoms with Crippen LogP contribution in [0.2, 0.25) is 0 Å². The minimum Gasteiger partial charge on any atom is -0.341 e. The molecule has 1 saturated heterocycles. The highest BCUT2D eigenvalue weighted by Gasteiger charge is 2.31. The molecule has 0 unspecified atom stereocenters. The number of carbonyl (C=O) groups is 1. The zero-order valence-corrected chi connectivity index (χ0v) is 15.3. The van der Waals surface area contributed by atoms with Gasteiger partial charge in [-0.25, -0.2) is 9.78 Å². The summed E-state index contributed by atoms with van der Waals surface area (Å²) in [6.45, 7) is 1.43. The maximum Gasteiger partial charge on any atom is 0.332 e. The summed E-state index contributed by atoms with van der Waals surface area (Å²) < 4.78 is 3.98. The van der Waals surface area contributed by atoms with Crippen LogP contribution in [-0.4, -0.2) is 42.6 Å². The number of hydrogen-bond donors (Lipinski definition) is 0. The smallest absolute Gasteiger partial charge is 0.332 e. The molecule has 1 aliphatic heterocycles. The van der Waals surface area contributed by atoms with Crippen molar-refractivity contribution in [1.82, 2.24) is 23.6 Å². The Morgan fingerprint density at radius 2 is 1.70 bits per heavy atom. The summed E-state index contributed by atoms with van der Waals surface area (Å²) in [7, 11) is 3.00. The maximum atomic E-state index is 13.3. The Balaban J connectivity index is 1.97. The van der Waals surface area contributed by atoms with Gasteiger partial charge in [-0.2, -0.15) is 0 Å². The number of imidazole rings is 1. The summed E-state index contributed by atoms with van der Waals surface area (Å²) in [5, 5.41) is 0. The van der Waals surface area contributed by atoms with Crippen LogP contribution in [0.5, 0.6) is 0 Å². The van der Waals surface area contributed by atoms with Crippen molar-refractivity contribution >= 4 is 17.1 Å². The molecular formula is C19H21N5O3. The van der Waals surface area contributed by atoms with E-state index in [-0.39, 0.29) is 17.1 Å². The number of amides is 1. The van der Waals surface area contributed by atoms with Gasteiger partial charge in [0.05, 0.1) is 6.33 Å². The van der Waals surface area contributed by atoms with Crippen molar-refractivity contribution in [3.05, 3.63) is 63.1 Å². The van der Waals surface area contributed by atoms with Crippen LogP contribution >= 0.6 is 0 Å². The molecule has 2 aromatic heterocycles. The first-order valence-electron chi connectivity index (χ1n) is 8.97. The monoisotopic (exact) mass is 367 g/mol. The van der Waals surface area contributed by atoms with E-state index in [1.165, 1.54) is 17.9 Å². The average Bonchev–Trinajstić information content (AvgIpc) is 3.36. The van der Waals surface area contributed by atoms with Gasteiger partial charge in [0.1, 0.15) is 6.04 Å². The molecule has 3 heterocycles. The van der Waals surface area contributed by atoms with E-state index in [1.807, 2.05) is 35.2 Å². The zero-order valence-electron chi connectivity index (χ0n) is 15.3. The molecule has 1 aromatic carbocycles. The van der Waals surface area contributed by atoms with Crippen LogP contribution in [0.4, 0.5) is 0 Å². The second kappa shape index (κ2) is 6.53. The molecule has 27 heavy (non-hydrogen) atoms. The molecule has 0 saturated carbocycles. The quantitative estimate of drug-likeness (QED) is 0.680. The van der Waals surface area contributed by atoms with Gasteiger partial charge in [-0.1, -0.05) is 30.3 Å². The van der Waals surface area contributed by atoms with Gasteiger partial charge in [-0.3, -0.25) is 18.7 Å². The number of aryl methyl sites for hydroxylation is 1. The van der Waals surface area contributed by atoms with Crippen LogP contribution in [0.15, 0.2) is 46.2 Å². The van der Waals surface area contributed by atoms with Gasteiger partial charge in [-0.15, -0.1) is 0 Å². The van der Waals surface area contributed by atoms with Crippen molar-refractivity contribution < 1.29 is 4.79 Å². The first-order chi connectivity index (χ1) is 13.0. The number of hydrogen-bond acceptors (Lipinski definition) is 4. The number of fused-ring (bicyclic) bond motifs is 1. The third-order valence-electron chi connectivity index (χ3n) is 5.22. The van der Waals surface area contributed by atoms with Crippen molar-refractivity contribution in [3.8, 4) is 0 Å². The first-order valence-corrected chi connectivity index (χ1v) is 8.97. The molecule has 8 nitrogen and oxygen atoms in total. The highest BCUT2D eigenvalue weighted by Crippen LogP contribution is 2.25. The molecule has 1 atom stereocenters. The summed E-state index contributed by atoms with van der Waals surface area (Å²) >= 11 is 0. The lowest BCUT2D eigenvalue weighted by Crippen LogP contribution is -2.39. The molecule has 0 spiro atoms. The number of aromatic nitrogens is 4. The lowest BCUT2D eigenvalue weighted by Gasteiger charge is -2.25. The molecule has 0 radical (unpaired) electrons. The van der Waals surface area contributed by atoms with Crippen molar-refractivity contribution in [1.29, 1.82) is 0 Å². The predicted octanol–water partition coefficient (Wildman–Crippen LogP) is 0.645. The van der Waals surface area contributed by atoms with Gasteiger partial charge in [-0.05, 0) is 18.4 Å². The lowest BCUT2D eigenvalue weighted by molar-refractivity contribution is -0.132. The van der Waals surface area contributed by atoms with Crippen molar-refractivity contribution in [2.45, 2.75) is 18.9 Å². The Morgan fingerprint density at radius 1 is 1.04 bits per heavy atom. The maximum absolute atomic E-state index is 13.3. The molecule has 3 aromatic rings. The molecule has 1 amide bonds. The first kappa shape index (κ1) is 17.3. The summed E-state index contributed by atoms with van der Waals surface area (Å²) in [6, 6.07) is 8.67. The van der Waals surface area contributed by atoms with E-state index < -0.39 is 17.3 Å². The molecular weight excluding hydrogens is 346 g/mol. The molecule has 0 bridgehead atoms. The van der Waals surface area contributed by atoms with Crippen LogP contribution < -0.4 is 11.2 Å². The second-order valence-electron chi connectivity index (χ2n) is 6.88. The number of likely N-dealkylation sites (tertiary alicyclic amines) is 1. The SMILES string of the molecule is Cn1c(=O)c2c(ncn2[C@@H](C(=O)N2CCCC2)c2ccccc2)n(C)c1=O. The van der Waals surface area contributed by atoms with Gasteiger partial charge in [0.25, 0.3) is 5.56 Å². The Labute approximate surface area is 155 Å². The second-order valence-corrected chi connectivity index (χ2v) is 6.88. The van der Waals surface area contributed by atoms with E-state index in [2.05, 4.69) is 4.98 Å². The standard InChI is InChI=1S/C19H21N5O3/c1-21-16-15(17(25)22(2)19(21)27)24(12-20-16)14(13-8-4-3-5-9-13)18(26)23-10-6-7-11-23/h3-5,8-9,12,14H,6-7,10-11H2,1-2H3/t14-/m1/s1. The average molecular weight is 367 g/mol. The van der Waals surface area contributed by atoms with Crippen molar-refractivity contribution in [2.75, 3.05) is 13.1 Å². The van der Waals surface area contributed by atoms with Crippen LogP contribution in [0, 0.1) is 0 Å². The van der Waals surface area contributed by atoms with E-state index in [9.17, 15) is 14.4 Å². The largest absolute Gasteiger partial charge is 0.341 e. The van der Waals surface area contributed by atoms with Gasteiger partial charge in [0, 0.05) is 27.2 Å². The fourth-order valence-corrected chi connectivity index (χ4v) is 3.73. The minimum absolute atomic E-state index is 0.0612. The van der Waals surface area contributed by atoms with E-state index in [1.54, 1.807) is 11.6 Å². The molecule has 8 heteroatoms. The lowest BCUT2D eigenvalue weighted by atomic mass is 10.1. The number of carbonyl (C=O) groups excluding carboxylic acids is 1. The summed E-state index contributed by atoms with van der Waals surface area (Å²) in [4.78, 5) is 44.5. The Morgan fingerprint density at radius 3 is 2.37 bits per heavy atom. The van der Waals surface area contributed by atoms with Crippen molar-refractivity contribution in [3.63, 3.8) is 0 Å². The van der Waals surface area contributed by atoms with Crippen LogP contribution in [0.3, 0.4) is 0 Å². The van der Waals surface area contributed by atoms with Gasteiger partial charge in [0.15, 0.2) is 11.2 Å². The van der Waals surface area contributed by atoms with Gasteiger partial charge < -0.3 is 9.47 Å². The van der Waals surface area contributed by atoms with Gasteiger partial charge in [0.2, 0.25) is 5.91 Å². The van der Waals surface area contributed by atoms with Crippen LogP contribution in [0.25, 0.3) is 11.2 Å². The normalized spacial score (nSPS) is 15.4. The third-order valence-corrected chi connectivity index (χ3v) is 5.22. The third kappa shape index (κ3) is 2.68. The number of benzene rings is 1. The van der Waals surface area contributed by atoms with E-state index in [4.69, 9.17) is 0 Å². The molecule has 1 fully saturated rings. The number of nitrogens with zero attached hydrogens (tertiary/aromatic N) is 5. The summed E-state index contributed by atoms with van der Waals surface area (Å²) in [5.74, 6) is -0.0612. The Kier molecular flexibility index (Phi) is 4.18. The Bertz CT molecular complexity index is 1120. The molecule has 140 valence electrons. The fourth-order valence-electron chi connectivity index (χ4n) is 3.73. The highest BCUT2D eigenvalue weighted by molar-refractivity contribution is 5.86. The van der Waals surface area contributed by atoms with Crippen LogP contribution in [-0.2, 0) is 18.9 Å². The molecule has 1 aliphatic rings.